The lowest BCUT2D eigenvalue weighted by Gasteiger charge is -2.11. The van der Waals surface area contributed by atoms with Gasteiger partial charge in [0, 0.05) is 31.3 Å². The SMILES string of the molecule is CC(CC#CN1CC(=O)C(SCc2ccccc2)C1)CNC(=O)OCc1ccccc1. The monoisotopic (exact) mass is 436 g/mol. The molecular weight excluding hydrogens is 408 g/mol. The first kappa shape index (κ1) is 22.8. The van der Waals surface area contributed by atoms with Gasteiger partial charge in [-0.15, -0.1) is 11.8 Å². The predicted octanol–water partition coefficient (Wildman–Crippen LogP) is 4.09. The lowest BCUT2D eigenvalue weighted by Crippen LogP contribution is -2.28. The van der Waals surface area contributed by atoms with Gasteiger partial charge in [-0.1, -0.05) is 73.5 Å². The smallest absolute Gasteiger partial charge is 0.407 e. The van der Waals surface area contributed by atoms with Gasteiger partial charge in [0.25, 0.3) is 0 Å². The number of nitrogens with one attached hydrogen (secondary N) is 1. The van der Waals surface area contributed by atoms with Crippen molar-refractivity contribution in [1.82, 2.24) is 10.2 Å². The molecule has 0 spiro atoms. The number of amides is 1. The van der Waals surface area contributed by atoms with Gasteiger partial charge in [-0.05, 0) is 17.0 Å². The number of alkyl carbamates (subject to hydrolysis) is 1. The van der Waals surface area contributed by atoms with Crippen LogP contribution in [0.1, 0.15) is 24.5 Å². The molecule has 0 radical (unpaired) electrons. The number of ketones is 1. The van der Waals surface area contributed by atoms with E-state index in [1.807, 2.05) is 60.4 Å². The number of hydrogen-bond acceptors (Lipinski definition) is 5. The Hall–Kier alpha value is -2.91. The normalized spacial score (nSPS) is 16.4. The molecule has 2 unspecified atom stereocenters. The van der Waals surface area contributed by atoms with Crippen LogP contribution in [0.25, 0.3) is 0 Å². The first-order chi connectivity index (χ1) is 15.1. The molecule has 0 bridgehead atoms. The predicted molar refractivity (Wildman–Crippen MR) is 124 cm³/mol. The molecule has 2 aromatic rings. The highest BCUT2D eigenvalue weighted by atomic mass is 32.2. The van der Waals surface area contributed by atoms with Crippen LogP contribution in [0.4, 0.5) is 4.79 Å². The van der Waals surface area contributed by atoms with E-state index in [9.17, 15) is 9.59 Å². The van der Waals surface area contributed by atoms with Crippen molar-refractivity contribution < 1.29 is 14.3 Å². The minimum Gasteiger partial charge on any atom is -0.445 e. The van der Waals surface area contributed by atoms with Gasteiger partial charge in [-0.3, -0.25) is 4.79 Å². The fourth-order valence-electron chi connectivity index (χ4n) is 3.09. The van der Waals surface area contributed by atoms with Crippen molar-refractivity contribution in [3.63, 3.8) is 0 Å². The highest BCUT2D eigenvalue weighted by Gasteiger charge is 2.29. The van der Waals surface area contributed by atoms with Gasteiger partial charge >= 0.3 is 6.09 Å². The molecule has 2 atom stereocenters. The number of benzene rings is 2. The fraction of sp³-hybridized carbons (Fsp3) is 0.360. The lowest BCUT2D eigenvalue weighted by atomic mass is 10.1. The number of nitrogens with zero attached hydrogens (tertiary/aromatic N) is 1. The quantitative estimate of drug-likeness (QED) is 0.632. The van der Waals surface area contributed by atoms with Crippen LogP contribution in [0, 0.1) is 17.9 Å². The average Bonchev–Trinajstić information content (AvgIpc) is 3.15. The second-order valence-corrected chi connectivity index (χ2v) is 8.86. The Bertz CT molecular complexity index is 909. The third kappa shape index (κ3) is 8.03. The second-order valence-electron chi connectivity index (χ2n) is 7.67. The molecule has 1 N–H and O–H groups in total. The van der Waals surface area contributed by atoms with Gasteiger partial charge in [-0.2, -0.15) is 0 Å². The Balaban J connectivity index is 1.32. The number of hydrogen-bond donors (Lipinski definition) is 1. The summed E-state index contributed by atoms with van der Waals surface area (Å²) in [5.41, 5.74) is 2.19. The van der Waals surface area contributed by atoms with Crippen LogP contribution in [0.3, 0.4) is 0 Å². The van der Waals surface area contributed by atoms with E-state index in [1.165, 1.54) is 5.56 Å². The first-order valence-corrected chi connectivity index (χ1v) is 11.5. The van der Waals surface area contributed by atoms with Crippen molar-refractivity contribution >= 4 is 23.6 Å². The summed E-state index contributed by atoms with van der Waals surface area (Å²) < 4.78 is 5.21. The van der Waals surface area contributed by atoms with Crippen molar-refractivity contribution in [3.8, 4) is 12.0 Å². The molecule has 1 amide bonds. The molecule has 5 nitrogen and oxygen atoms in total. The summed E-state index contributed by atoms with van der Waals surface area (Å²) in [5.74, 6) is 4.42. The summed E-state index contributed by atoms with van der Waals surface area (Å²) in [5, 5.41) is 2.76. The number of Topliss-reactive ketones (excluding diaryl/α,β-unsaturated/α-hetero) is 1. The first-order valence-electron chi connectivity index (χ1n) is 10.5. The van der Waals surface area contributed by atoms with Gasteiger partial charge in [0.05, 0.1) is 11.8 Å². The molecular formula is C25H28N2O3S. The molecule has 1 aliphatic rings. The molecule has 162 valence electrons. The van der Waals surface area contributed by atoms with E-state index >= 15 is 0 Å². The zero-order chi connectivity index (χ0) is 21.9. The second kappa shape index (κ2) is 12.1. The molecule has 0 aromatic heterocycles. The van der Waals surface area contributed by atoms with Gasteiger partial charge in [0.1, 0.15) is 6.61 Å². The molecule has 1 heterocycles. The largest absolute Gasteiger partial charge is 0.445 e. The summed E-state index contributed by atoms with van der Waals surface area (Å²) in [6, 6.07) is 22.9. The molecule has 1 aliphatic heterocycles. The third-order valence-electron chi connectivity index (χ3n) is 4.88. The Kier molecular flexibility index (Phi) is 8.86. The minimum absolute atomic E-state index is 0.0204. The number of carbonyl (C=O) groups is 2. The fourth-order valence-corrected chi connectivity index (χ4v) is 4.23. The van der Waals surface area contributed by atoms with Gasteiger partial charge in [0.15, 0.2) is 5.78 Å². The van der Waals surface area contributed by atoms with E-state index in [0.717, 1.165) is 11.3 Å². The van der Waals surface area contributed by atoms with E-state index in [-0.39, 0.29) is 23.6 Å². The van der Waals surface area contributed by atoms with Gasteiger partial charge in [-0.25, -0.2) is 4.79 Å². The Morgan fingerprint density at radius 1 is 1.16 bits per heavy atom. The van der Waals surface area contributed by atoms with E-state index in [1.54, 1.807) is 11.8 Å². The molecule has 0 aliphatic carbocycles. The summed E-state index contributed by atoms with van der Waals surface area (Å²) in [4.78, 5) is 26.0. The molecule has 2 aromatic carbocycles. The number of ether oxygens (including phenoxy) is 1. The molecule has 3 rings (SSSR count). The highest BCUT2D eigenvalue weighted by Crippen LogP contribution is 2.23. The van der Waals surface area contributed by atoms with Crippen LogP contribution >= 0.6 is 11.8 Å². The molecule has 1 fully saturated rings. The van der Waals surface area contributed by atoms with Crippen LogP contribution < -0.4 is 5.32 Å². The third-order valence-corrected chi connectivity index (χ3v) is 6.20. The maximum absolute atomic E-state index is 12.3. The number of rotatable bonds is 8. The van der Waals surface area contributed by atoms with Gasteiger partial charge in [0.2, 0.25) is 0 Å². The summed E-state index contributed by atoms with van der Waals surface area (Å²) in [6.07, 6.45) is 0.220. The maximum Gasteiger partial charge on any atom is 0.407 e. The molecule has 31 heavy (non-hydrogen) atoms. The summed E-state index contributed by atoms with van der Waals surface area (Å²) in [7, 11) is 0. The van der Waals surface area contributed by atoms with Crippen molar-refractivity contribution in [3.05, 3.63) is 71.8 Å². The van der Waals surface area contributed by atoms with E-state index in [0.29, 0.717) is 26.1 Å². The van der Waals surface area contributed by atoms with E-state index in [4.69, 9.17) is 4.74 Å². The van der Waals surface area contributed by atoms with Gasteiger partial charge < -0.3 is 15.0 Å². The molecule has 0 saturated carbocycles. The van der Waals surface area contributed by atoms with Crippen molar-refractivity contribution in [2.75, 3.05) is 19.6 Å². The average molecular weight is 437 g/mol. The molecule has 1 saturated heterocycles. The number of likely N-dealkylation sites (tertiary alicyclic amines) is 1. The van der Waals surface area contributed by atoms with Crippen molar-refractivity contribution in [1.29, 1.82) is 0 Å². The number of thioether (sulfide) groups is 1. The zero-order valence-corrected chi connectivity index (χ0v) is 18.6. The van der Waals surface area contributed by atoms with Crippen LogP contribution in [0.5, 0.6) is 0 Å². The van der Waals surface area contributed by atoms with Crippen molar-refractivity contribution in [2.45, 2.75) is 31.0 Å². The minimum atomic E-state index is -0.424. The van der Waals surface area contributed by atoms with E-state index < -0.39 is 6.09 Å². The van der Waals surface area contributed by atoms with Crippen LogP contribution in [0.2, 0.25) is 0 Å². The Labute approximate surface area is 188 Å². The van der Waals surface area contributed by atoms with Crippen LogP contribution in [0.15, 0.2) is 60.7 Å². The van der Waals surface area contributed by atoms with Crippen LogP contribution in [-0.4, -0.2) is 41.7 Å². The molecule has 6 heteroatoms. The Morgan fingerprint density at radius 3 is 2.55 bits per heavy atom. The Morgan fingerprint density at radius 2 is 1.84 bits per heavy atom. The standard InChI is InChI=1S/C25H28N2O3S/c1-20(15-26-25(29)30-18-21-10-4-2-5-11-21)9-8-14-27-16-23(28)24(17-27)31-19-22-12-6-3-7-13-22/h2-7,10-13,20,24H,9,15-19H2,1H3,(H,26,29). The topological polar surface area (TPSA) is 58.6 Å². The van der Waals surface area contributed by atoms with Crippen LogP contribution in [-0.2, 0) is 21.9 Å². The summed E-state index contributed by atoms with van der Waals surface area (Å²) in [6.45, 7) is 3.84. The maximum atomic E-state index is 12.3. The van der Waals surface area contributed by atoms with E-state index in [2.05, 4.69) is 29.4 Å². The van der Waals surface area contributed by atoms with Crippen molar-refractivity contribution in [2.24, 2.45) is 5.92 Å². The lowest BCUT2D eigenvalue weighted by molar-refractivity contribution is -0.116. The number of carbonyl (C=O) groups excluding carboxylic acids is 2. The summed E-state index contributed by atoms with van der Waals surface area (Å²) >= 11 is 1.68. The highest BCUT2D eigenvalue weighted by molar-refractivity contribution is 7.99. The zero-order valence-electron chi connectivity index (χ0n) is 17.8.